The highest BCUT2D eigenvalue weighted by molar-refractivity contribution is 5.59. The van der Waals surface area contributed by atoms with E-state index in [0.29, 0.717) is 30.4 Å². The van der Waals surface area contributed by atoms with E-state index in [-0.39, 0.29) is 0 Å². The van der Waals surface area contributed by atoms with E-state index in [1.165, 1.54) is 0 Å². The molecule has 0 aliphatic carbocycles. The molecule has 0 aliphatic rings. The summed E-state index contributed by atoms with van der Waals surface area (Å²) < 4.78 is 16.0. The lowest BCUT2D eigenvalue weighted by molar-refractivity contribution is 0.355. The molecule has 0 atom stereocenters. The number of ether oxygens (including phenoxy) is 2. The summed E-state index contributed by atoms with van der Waals surface area (Å²) in [6, 6.07) is 5.53. The highest BCUT2D eigenvalue weighted by atomic mass is 16.5. The van der Waals surface area contributed by atoms with E-state index in [9.17, 15) is 0 Å². The molecule has 96 valence electrons. The van der Waals surface area contributed by atoms with Crippen molar-refractivity contribution in [1.29, 1.82) is 0 Å². The van der Waals surface area contributed by atoms with E-state index in [1.54, 1.807) is 20.4 Å². The van der Waals surface area contributed by atoms with Gasteiger partial charge < -0.3 is 19.6 Å². The van der Waals surface area contributed by atoms with Crippen molar-refractivity contribution >= 4 is 0 Å². The number of hydrogen-bond acceptors (Lipinski definition) is 5. The molecule has 1 aromatic heterocycles. The van der Waals surface area contributed by atoms with Crippen LogP contribution in [-0.2, 0) is 6.42 Å². The van der Waals surface area contributed by atoms with Gasteiger partial charge in [-0.1, -0.05) is 0 Å². The molecular formula is C13H16N2O3. The predicted molar refractivity (Wildman–Crippen MR) is 67.8 cm³/mol. The van der Waals surface area contributed by atoms with Crippen molar-refractivity contribution in [3.05, 3.63) is 30.2 Å². The van der Waals surface area contributed by atoms with Crippen LogP contribution in [-0.4, -0.2) is 25.7 Å². The predicted octanol–water partition coefficient (Wildman–Crippen LogP) is 1.86. The van der Waals surface area contributed by atoms with Gasteiger partial charge in [0.2, 0.25) is 5.89 Å². The largest absolute Gasteiger partial charge is 0.493 e. The van der Waals surface area contributed by atoms with Crippen LogP contribution in [0.5, 0.6) is 11.5 Å². The Hall–Kier alpha value is -2.01. The van der Waals surface area contributed by atoms with Crippen LogP contribution >= 0.6 is 0 Å². The molecule has 5 nitrogen and oxygen atoms in total. The van der Waals surface area contributed by atoms with Crippen LogP contribution in [0, 0.1) is 0 Å². The summed E-state index contributed by atoms with van der Waals surface area (Å²) >= 11 is 0. The number of benzene rings is 1. The number of methoxy groups -OCH3 is 2. The third-order valence-corrected chi connectivity index (χ3v) is 2.57. The van der Waals surface area contributed by atoms with Crippen molar-refractivity contribution in [3.63, 3.8) is 0 Å². The Morgan fingerprint density at radius 2 is 2.00 bits per heavy atom. The Morgan fingerprint density at radius 3 is 2.67 bits per heavy atom. The molecule has 0 bridgehead atoms. The van der Waals surface area contributed by atoms with E-state index in [2.05, 4.69) is 4.98 Å². The molecule has 2 aromatic rings. The lowest BCUT2D eigenvalue weighted by atomic mass is 10.2. The summed E-state index contributed by atoms with van der Waals surface area (Å²) in [4.78, 5) is 4.22. The first-order valence-electron chi connectivity index (χ1n) is 5.65. The maximum atomic E-state index is 5.60. The summed E-state index contributed by atoms with van der Waals surface area (Å²) in [6.07, 6.45) is 2.37. The molecule has 0 saturated carbocycles. The van der Waals surface area contributed by atoms with Gasteiger partial charge in [-0.3, -0.25) is 0 Å². The average molecular weight is 248 g/mol. The Balaban J connectivity index is 2.31. The van der Waals surface area contributed by atoms with Crippen molar-refractivity contribution in [2.24, 2.45) is 5.73 Å². The third-order valence-electron chi connectivity index (χ3n) is 2.57. The quantitative estimate of drug-likeness (QED) is 0.874. The first-order chi connectivity index (χ1) is 8.78. The molecule has 2 N–H and O–H groups in total. The van der Waals surface area contributed by atoms with E-state index in [4.69, 9.17) is 19.6 Å². The van der Waals surface area contributed by atoms with Crippen LogP contribution in [0.15, 0.2) is 28.8 Å². The fourth-order valence-electron chi connectivity index (χ4n) is 1.67. The second-order valence-electron chi connectivity index (χ2n) is 3.74. The Labute approximate surface area is 106 Å². The van der Waals surface area contributed by atoms with Crippen molar-refractivity contribution < 1.29 is 13.9 Å². The molecule has 0 saturated heterocycles. The van der Waals surface area contributed by atoms with Crippen LogP contribution in [0.4, 0.5) is 0 Å². The summed E-state index contributed by atoms with van der Waals surface area (Å²) in [6.45, 7) is 0.542. The minimum absolute atomic E-state index is 0.542. The Kier molecular flexibility index (Phi) is 3.84. The van der Waals surface area contributed by atoms with Gasteiger partial charge >= 0.3 is 0 Å². The van der Waals surface area contributed by atoms with Gasteiger partial charge in [0.15, 0.2) is 11.5 Å². The maximum absolute atomic E-state index is 5.60. The standard InChI is InChI=1S/C13H16N2O3/c1-16-11-4-3-9(7-12(11)17-2)13-15-8-10(18-13)5-6-14/h3-4,7-8H,5-6,14H2,1-2H3. The first-order valence-corrected chi connectivity index (χ1v) is 5.65. The maximum Gasteiger partial charge on any atom is 0.226 e. The number of hydrogen-bond donors (Lipinski definition) is 1. The average Bonchev–Trinajstić information content (AvgIpc) is 2.87. The topological polar surface area (TPSA) is 70.5 Å². The highest BCUT2D eigenvalue weighted by Crippen LogP contribution is 2.31. The zero-order valence-corrected chi connectivity index (χ0v) is 10.5. The molecule has 5 heteroatoms. The van der Waals surface area contributed by atoms with Crippen LogP contribution < -0.4 is 15.2 Å². The fourth-order valence-corrected chi connectivity index (χ4v) is 1.67. The number of nitrogens with two attached hydrogens (primary N) is 1. The van der Waals surface area contributed by atoms with Crippen LogP contribution in [0.2, 0.25) is 0 Å². The van der Waals surface area contributed by atoms with Crippen LogP contribution in [0.3, 0.4) is 0 Å². The van der Waals surface area contributed by atoms with Gasteiger partial charge in [0.25, 0.3) is 0 Å². The van der Waals surface area contributed by atoms with E-state index in [1.807, 2.05) is 18.2 Å². The van der Waals surface area contributed by atoms with Gasteiger partial charge in [0.05, 0.1) is 20.4 Å². The molecule has 18 heavy (non-hydrogen) atoms. The van der Waals surface area contributed by atoms with Gasteiger partial charge in [0.1, 0.15) is 5.76 Å². The van der Waals surface area contributed by atoms with E-state index >= 15 is 0 Å². The zero-order valence-electron chi connectivity index (χ0n) is 10.5. The smallest absolute Gasteiger partial charge is 0.226 e. The molecular weight excluding hydrogens is 232 g/mol. The molecule has 0 amide bonds. The van der Waals surface area contributed by atoms with Gasteiger partial charge in [0, 0.05) is 12.0 Å². The molecule has 0 unspecified atom stereocenters. The summed E-state index contributed by atoms with van der Waals surface area (Å²) in [5.41, 5.74) is 6.31. The lowest BCUT2D eigenvalue weighted by Gasteiger charge is -2.07. The molecule has 1 heterocycles. The molecule has 0 aliphatic heterocycles. The van der Waals surface area contributed by atoms with Crippen LogP contribution in [0.1, 0.15) is 5.76 Å². The van der Waals surface area contributed by atoms with Gasteiger partial charge in [-0.15, -0.1) is 0 Å². The number of nitrogens with zero attached hydrogens (tertiary/aromatic N) is 1. The van der Waals surface area contributed by atoms with Crippen molar-refractivity contribution in [3.8, 4) is 23.0 Å². The highest BCUT2D eigenvalue weighted by Gasteiger charge is 2.10. The normalized spacial score (nSPS) is 10.4. The van der Waals surface area contributed by atoms with E-state index in [0.717, 1.165) is 11.3 Å². The first kappa shape index (κ1) is 12.4. The number of oxazole rings is 1. The number of rotatable bonds is 5. The minimum Gasteiger partial charge on any atom is -0.493 e. The van der Waals surface area contributed by atoms with Gasteiger partial charge in [-0.2, -0.15) is 0 Å². The SMILES string of the molecule is COc1ccc(-c2ncc(CCN)o2)cc1OC. The summed E-state index contributed by atoms with van der Waals surface area (Å²) in [5, 5.41) is 0. The fraction of sp³-hybridized carbons (Fsp3) is 0.308. The van der Waals surface area contributed by atoms with Crippen molar-refractivity contribution in [2.45, 2.75) is 6.42 Å². The molecule has 0 radical (unpaired) electrons. The Morgan fingerprint density at radius 1 is 1.22 bits per heavy atom. The van der Waals surface area contributed by atoms with E-state index < -0.39 is 0 Å². The van der Waals surface area contributed by atoms with Gasteiger partial charge in [-0.05, 0) is 24.7 Å². The molecule has 0 spiro atoms. The number of aromatic nitrogens is 1. The zero-order chi connectivity index (χ0) is 13.0. The minimum atomic E-state index is 0.542. The third kappa shape index (κ3) is 2.46. The molecule has 2 rings (SSSR count). The molecule has 0 fully saturated rings. The van der Waals surface area contributed by atoms with Crippen molar-refractivity contribution in [2.75, 3.05) is 20.8 Å². The van der Waals surface area contributed by atoms with Gasteiger partial charge in [-0.25, -0.2) is 4.98 Å². The lowest BCUT2D eigenvalue weighted by Crippen LogP contribution is -2.01. The second kappa shape index (κ2) is 5.55. The van der Waals surface area contributed by atoms with Crippen molar-refractivity contribution in [1.82, 2.24) is 4.98 Å². The molecule has 1 aromatic carbocycles. The van der Waals surface area contributed by atoms with Crippen LogP contribution in [0.25, 0.3) is 11.5 Å². The second-order valence-corrected chi connectivity index (χ2v) is 3.74. The Bertz CT molecular complexity index is 523. The summed E-state index contributed by atoms with van der Waals surface area (Å²) in [5.74, 6) is 2.66. The monoisotopic (exact) mass is 248 g/mol. The summed E-state index contributed by atoms with van der Waals surface area (Å²) in [7, 11) is 3.19.